The summed E-state index contributed by atoms with van der Waals surface area (Å²) < 4.78 is 15.4. The summed E-state index contributed by atoms with van der Waals surface area (Å²) in [7, 11) is 1.58. The van der Waals surface area contributed by atoms with Gasteiger partial charge in [0.1, 0.15) is 12.0 Å². The van der Waals surface area contributed by atoms with Crippen LogP contribution in [0.1, 0.15) is 72.1 Å². The summed E-state index contributed by atoms with van der Waals surface area (Å²) in [5, 5.41) is 17.9. The van der Waals surface area contributed by atoms with Crippen molar-refractivity contribution in [2.75, 3.05) is 13.6 Å². The molecule has 0 aromatic carbocycles. The number of hydrogen-bond donors (Lipinski definition) is 2. The molecule has 6 nitrogen and oxygen atoms in total. The highest BCUT2D eigenvalue weighted by Gasteiger charge is 2.60. The van der Waals surface area contributed by atoms with E-state index in [4.69, 9.17) is 0 Å². The number of carbonyl (C=O) groups excluding carboxylic acids is 1. The van der Waals surface area contributed by atoms with Crippen LogP contribution in [-0.4, -0.2) is 42.1 Å². The number of aliphatic imine (C=N–C) groups is 1. The third-order valence-electron chi connectivity index (χ3n) is 9.42. The summed E-state index contributed by atoms with van der Waals surface area (Å²) in [6.07, 6.45) is 6.22. The molecule has 4 aliphatic carbocycles. The Bertz CT molecular complexity index is 754. The molecule has 4 saturated carbocycles. The van der Waals surface area contributed by atoms with Crippen LogP contribution in [0.4, 0.5) is 4.39 Å². The van der Waals surface area contributed by atoms with Crippen molar-refractivity contribution in [2.45, 2.75) is 83.9 Å². The lowest BCUT2D eigenvalue weighted by atomic mass is 9.48. The zero-order valence-electron chi connectivity index (χ0n) is 19.5. The van der Waals surface area contributed by atoms with Gasteiger partial charge in [-0.25, -0.2) is 9.82 Å². The topological polar surface area (TPSA) is 86.4 Å². The van der Waals surface area contributed by atoms with Gasteiger partial charge in [0.15, 0.2) is 5.78 Å². The van der Waals surface area contributed by atoms with E-state index in [1.807, 2.05) is 6.92 Å². The number of aliphatic hydroxyl groups is 1. The van der Waals surface area contributed by atoms with Crippen molar-refractivity contribution < 1.29 is 14.3 Å². The number of halogens is 1. The highest BCUT2D eigenvalue weighted by atomic mass is 19.1. The summed E-state index contributed by atoms with van der Waals surface area (Å²) >= 11 is 0. The molecule has 4 fully saturated rings. The minimum absolute atomic E-state index is 0.0123. The molecule has 0 spiro atoms. The summed E-state index contributed by atoms with van der Waals surface area (Å²) in [4.78, 5) is 17.5. The van der Waals surface area contributed by atoms with Gasteiger partial charge in [0.25, 0.3) is 0 Å². The fourth-order valence-electron chi connectivity index (χ4n) is 8.00. The van der Waals surface area contributed by atoms with Crippen LogP contribution in [0.5, 0.6) is 0 Å². The molecule has 0 heterocycles. The monoisotopic (exact) mass is 434 g/mol. The quantitative estimate of drug-likeness (QED) is 0.295. The van der Waals surface area contributed by atoms with Gasteiger partial charge in [-0.3, -0.25) is 9.79 Å². The lowest BCUT2D eigenvalue weighted by Crippen LogP contribution is -2.54. The predicted molar refractivity (Wildman–Crippen MR) is 118 cm³/mol. The number of carbonyl (C=O) groups is 1. The van der Waals surface area contributed by atoms with Crippen molar-refractivity contribution >= 4 is 11.6 Å². The fourth-order valence-corrected chi connectivity index (χ4v) is 8.00. The number of Topliss-reactive ketones (excluding diaryl/α,β-unsaturated/α-hetero) is 1. The van der Waals surface area contributed by atoms with Crippen LogP contribution in [0.3, 0.4) is 0 Å². The van der Waals surface area contributed by atoms with Crippen LogP contribution in [0, 0.1) is 40.9 Å². The van der Waals surface area contributed by atoms with Crippen LogP contribution in [0.2, 0.25) is 0 Å². The molecule has 7 heteroatoms. The average Bonchev–Trinajstić information content (AvgIpc) is 3.08. The third-order valence-corrected chi connectivity index (χ3v) is 9.42. The normalized spacial score (nSPS) is 47.5. The number of amidine groups is 1. The first kappa shape index (κ1) is 22.8. The fraction of sp³-hybridized carbons (Fsp3) is 0.917. The Balaban J connectivity index is 1.47. The van der Waals surface area contributed by atoms with Crippen molar-refractivity contribution in [3.63, 3.8) is 0 Å². The number of nitrogens with zero attached hydrogens (tertiary/aromatic N) is 3. The minimum atomic E-state index is -0.818. The highest BCUT2D eigenvalue weighted by molar-refractivity contribution is 5.87. The van der Waals surface area contributed by atoms with Crippen molar-refractivity contribution in [1.82, 2.24) is 5.43 Å². The summed E-state index contributed by atoms with van der Waals surface area (Å²) in [5.41, 5.74) is 1.97. The van der Waals surface area contributed by atoms with E-state index in [1.54, 1.807) is 14.0 Å². The molecule has 174 valence electrons. The van der Waals surface area contributed by atoms with Crippen molar-refractivity contribution in [1.29, 1.82) is 0 Å². The Morgan fingerprint density at radius 2 is 1.81 bits per heavy atom. The Morgan fingerprint density at radius 1 is 1.10 bits per heavy atom. The second-order valence-electron chi connectivity index (χ2n) is 11.2. The van der Waals surface area contributed by atoms with E-state index in [0.29, 0.717) is 42.3 Å². The molecule has 0 aromatic rings. The Morgan fingerprint density at radius 3 is 2.55 bits per heavy atom. The zero-order valence-corrected chi connectivity index (χ0v) is 19.5. The third kappa shape index (κ3) is 4.19. The maximum Gasteiger partial charge on any atom is 0.157 e. The van der Waals surface area contributed by atoms with Crippen molar-refractivity contribution in [3.05, 3.63) is 0 Å². The van der Waals surface area contributed by atoms with Gasteiger partial charge < -0.3 is 5.11 Å². The first-order chi connectivity index (χ1) is 14.7. The van der Waals surface area contributed by atoms with Crippen LogP contribution < -0.4 is 5.43 Å². The van der Waals surface area contributed by atoms with E-state index >= 15 is 4.39 Å². The van der Waals surface area contributed by atoms with Crippen LogP contribution in [0.15, 0.2) is 15.3 Å². The van der Waals surface area contributed by atoms with E-state index in [9.17, 15) is 9.90 Å². The van der Waals surface area contributed by atoms with Gasteiger partial charge in [0, 0.05) is 5.92 Å². The maximum atomic E-state index is 15.4. The Labute approximate surface area is 185 Å². The Kier molecular flexibility index (Phi) is 6.27. The Hall–Kier alpha value is -1.37. The van der Waals surface area contributed by atoms with Crippen LogP contribution >= 0.6 is 0 Å². The molecule has 0 unspecified atom stereocenters. The second kappa shape index (κ2) is 8.53. The SMILES string of the molecule is CN=NNC(C)=NCC(=O)[C@H]1CC[C@H]2[C@@H]3C[C@@H](F)[C@H]4C[C@](C)(O)CC[C@@H]4[C@H]3CC[C@]12C. The van der Waals surface area contributed by atoms with Gasteiger partial charge in [-0.15, -0.1) is 0 Å². The number of alkyl halides is 1. The molecule has 0 aromatic heterocycles. The van der Waals surface area contributed by atoms with Gasteiger partial charge in [0.05, 0.1) is 19.2 Å². The number of nitrogens with one attached hydrogen (secondary N) is 1. The van der Waals surface area contributed by atoms with E-state index in [-0.39, 0.29) is 29.6 Å². The molecule has 0 saturated heterocycles. The maximum absolute atomic E-state index is 15.4. The summed E-state index contributed by atoms with van der Waals surface area (Å²) in [6, 6.07) is 0. The van der Waals surface area contributed by atoms with E-state index in [0.717, 1.165) is 38.5 Å². The lowest BCUT2D eigenvalue weighted by molar-refractivity contribution is -0.137. The number of fused-ring (bicyclic) bond motifs is 5. The lowest BCUT2D eigenvalue weighted by Gasteiger charge is -2.57. The first-order valence-corrected chi connectivity index (χ1v) is 12.1. The van der Waals surface area contributed by atoms with E-state index in [1.165, 1.54) is 0 Å². The average molecular weight is 435 g/mol. The van der Waals surface area contributed by atoms with Crippen LogP contribution in [-0.2, 0) is 4.79 Å². The molecule has 0 radical (unpaired) electrons. The molecular formula is C24H39FN4O2. The molecule has 4 rings (SSSR count). The van der Waals surface area contributed by atoms with Crippen molar-refractivity contribution in [2.24, 2.45) is 56.3 Å². The van der Waals surface area contributed by atoms with E-state index < -0.39 is 11.8 Å². The van der Waals surface area contributed by atoms with Crippen molar-refractivity contribution in [3.8, 4) is 0 Å². The van der Waals surface area contributed by atoms with Gasteiger partial charge in [-0.1, -0.05) is 12.1 Å². The second-order valence-corrected chi connectivity index (χ2v) is 11.2. The van der Waals surface area contributed by atoms with Gasteiger partial charge in [-0.05, 0) is 100 Å². The number of hydrogen-bond acceptors (Lipinski definition) is 5. The molecule has 2 N–H and O–H groups in total. The standard InChI is InChI=1S/C24H39FN4O2/c1-14(28-29-26-4)27-13-22(30)20-6-5-19-17-11-21(25)18-12-23(2,31)9-7-16(18)15(17)8-10-24(19,20)3/h15-21,31H,5-13H2,1-4H3,(H,26,27,28)/t15-,16-,17-,18+,19+,20-,21-,23-,24+/m1/s1. The molecule has 0 amide bonds. The largest absolute Gasteiger partial charge is 0.390 e. The first-order valence-electron chi connectivity index (χ1n) is 12.1. The molecule has 4 aliphatic rings. The number of rotatable bonds is 4. The molecule has 0 bridgehead atoms. The molecule has 9 atom stereocenters. The molecule has 0 aliphatic heterocycles. The van der Waals surface area contributed by atoms with Gasteiger partial charge >= 0.3 is 0 Å². The highest BCUT2D eigenvalue weighted by Crippen LogP contribution is 2.65. The smallest absolute Gasteiger partial charge is 0.157 e. The molecular weight excluding hydrogens is 395 g/mol. The van der Waals surface area contributed by atoms with Gasteiger partial charge in [-0.2, -0.15) is 5.11 Å². The summed E-state index contributed by atoms with van der Waals surface area (Å²) in [5.74, 6) is 2.60. The summed E-state index contributed by atoms with van der Waals surface area (Å²) in [6.45, 7) is 6.12. The van der Waals surface area contributed by atoms with Gasteiger partial charge in [0.2, 0.25) is 0 Å². The van der Waals surface area contributed by atoms with Crippen LogP contribution in [0.25, 0.3) is 0 Å². The predicted octanol–water partition coefficient (Wildman–Crippen LogP) is 4.53. The zero-order chi connectivity index (χ0) is 22.4. The van der Waals surface area contributed by atoms with E-state index in [2.05, 4.69) is 27.7 Å². The molecule has 31 heavy (non-hydrogen) atoms. The minimum Gasteiger partial charge on any atom is -0.390 e. The number of ketones is 1.